The van der Waals surface area contributed by atoms with Gasteiger partial charge in [-0.15, -0.1) is 0 Å². The highest BCUT2D eigenvalue weighted by atomic mass is 16.5. The van der Waals surface area contributed by atoms with Crippen LogP contribution in [0.1, 0.15) is 12.0 Å². The summed E-state index contributed by atoms with van der Waals surface area (Å²) in [6, 6.07) is 8.83. The Morgan fingerprint density at radius 3 is 2.57 bits per heavy atom. The van der Waals surface area contributed by atoms with E-state index in [1.165, 1.54) is 14.2 Å². The molecule has 6 nitrogen and oxygen atoms in total. The molecular formula is C17H21NO5. The summed E-state index contributed by atoms with van der Waals surface area (Å²) in [5, 5.41) is 9.83. The maximum absolute atomic E-state index is 12.0. The van der Waals surface area contributed by atoms with Gasteiger partial charge in [-0.25, -0.2) is 4.79 Å². The Kier molecular flexibility index (Phi) is 5.90. The Morgan fingerprint density at radius 1 is 1.26 bits per heavy atom. The van der Waals surface area contributed by atoms with Gasteiger partial charge in [-0.1, -0.05) is 30.3 Å². The normalized spacial score (nSPS) is 22.0. The molecule has 2 atom stereocenters. The van der Waals surface area contributed by atoms with Crippen LogP contribution in [0.2, 0.25) is 0 Å². The minimum atomic E-state index is -0.616. The molecule has 1 saturated heterocycles. The van der Waals surface area contributed by atoms with Crippen molar-refractivity contribution in [2.75, 3.05) is 27.3 Å². The molecule has 1 fully saturated rings. The van der Waals surface area contributed by atoms with E-state index in [2.05, 4.69) is 0 Å². The first-order valence-corrected chi connectivity index (χ1v) is 7.39. The van der Waals surface area contributed by atoms with Crippen molar-refractivity contribution in [3.8, 4) is 0 Å². The van der Waals surface area contributed by atoms with Crippen molar-refractivity contribution in [1.29, 1.82) is 0 Å². The minimum absolute atomic E-state index is 0.207. The predicted molar refractivity (Wildman–Crippen MR) is 84.4 cm³/mol. The molecule has 1 aromatic carbocycles. The molecule has 0 aliphatic carbocycles. The SMILES string of the molecule is COC(=O)/C(=C/c1ccccc1)CN1C[C@H](O)C[C@H]1C(=O)OC. The van der Waals surface area contributed by atoms with E-state index in [1.54, 1.807) is 11.0 Å². The third-order valence-corrected chi connectivity index (χ3v) is 3.82. The van der Waals surface area contributed by atoms with Gasteiger partial charge in [0.1, 0.15) is 6.04 Å². The van der Waals surface area contributed by atoms with Gasteiger partial charge in [0.15, 0.2) is 0 Å². The fourth-order valence-corrected chi connectivity index (χ4v) is 2.70. The second-order valence-electron chi connectivity index (χ2n) is 5.43. The van der Waals surface area contributed by atoms with Crippen LogP contribution in [0.5, 0.6) is 0 Å². The molecule has 0 spiro atoms. The number of rotatable bonds is 5. The molecule has 1 aliphatic rings. The zero-order valence-electron chi connectivity index (χ0n) is 13.3. The van der Waals surface area contributed by atoms with Gasteiger partial charge in [-0.2, -0.15) is 0 Å². The zero-order chi connectivity index (χ0) is 16.8. The van der Waals surface area contributed by atoms with Crippen molar-refractivity contribution < 1.29 is 24.2 Å². The van der Waals surface area contributed by atoms with E-state index in [9.17, 15) is 14.7 Å². The molecule has 0 unspecified atom stereocenters. The third-order valence-electron chi connectivity index (χ3n) is 3.82. The smallest absolute Gasteiger partial charge is 0.335 e. The second kappa shape index (κ2) is 7.89. The van der Waals surface area contributed by atoms with Crippen LogP contribution in [0, 0.1) is 0 Å². The highest BCUT2D eigenvalue weighted by Gasteiger charge is 2.37. The maximum Gasteiger partial charge on any atom is 0.335 e. The van der Waals surface area contributed by atoms with E-state index >= 15 is 0 Å². The van der Waals surface area contributed by atoms with Crippen molar-refractivity contribution in [2.45, 2.75) is 18.6 Å². The number of carbonyl (C=O) groups excluding carboxylic acids is 2. The van der Waals surface area contributed by atoms with Crippen LogP contribution in [-0.2, 0) is 19.1 Å². The van der Waals surface area contributed by atoms with Crippen molar-refractivity contribution in [3.05, 3.63) is 41.5 Å². The summed E-state index contributed by atoms with van der Waals surface area (Å²) in [5.74, 6) is -0.871. The first-order chi connectivity index (χ1) is 11.0. The summed E-state index contributed by atoms with van der Waals surface area (Å²) in [6.45, 7) is 0.515. The van der Waals surface area contributed by atoms with Crippen LogP contribution in [0.4, 0.5) is 0 Å². The number of hydrogen-bond acceptors (Lipinski definition) is 6. The van der Waals surface area contributed by atoms with E-state index in [0.29, 0.717) is 18.5 Å². The third kappa shape index (κ3) is 4.40. The van der Waals surface area contributed by atoms with Crippen molar-refractivity contribution in [3.63, 3.8) is 0 Å². The maximum atomic E-state index is 12.0. The number of methoxy groups -OCH3 is 2. The second-order valence-corrected chi connectivity index (χ2v) is 5.43. The van der Waals surface area contributed by atoms with Gasteiger partial charge in [0.05, 0.1) is 25.9 Å². The molecule has 2 rings (SSSR count). The average molecular weight is 319 g/mol. The molecule has 0 aromatic heterocycles. The fourth-order valence-electron chi connectivity index (χ4n) is 2.70. The number of nitrogens with zero attached hydrogens (tertiary/aromatic N) is 1. The molecule has 23 heavy (non-hydrogen) atoms. The van der Waals surface area contributed by atoms with Crippen LogP contribution in [-0.4, -0.2) is 61.4 Å². The van der Waals surface area contributed by atoms with Crippen LogP contribution in [0.25, 0.3) is 6.08 Å². The highest BCUT2D eigenvalue weighted by molar-refractivity contribution is 5.94. The number of ether oxygens (including phenoxy) is 2. The van der Waals surface area contributed by atoms with Gasteiger partial charge in [0, 0.05) is 19.5 Å². The largest absolute Gasteiger partial charge is 0.468 e. The van der Waals surface area contributed by atoms with Crippen LogP contribution in [0.3, 0.4) is 0 Å². The lowest BCUT2D eigenvalue weighted by Crippen LogP contribution is -2.39. The summed E-state index contributed by atoms with van der Waals surface area (Å²) >= 11 is 0. The number of aliphatic hydroxyl groups is 1. The topological polar surface area (TPSA) is 76.1 Å². The van der Waals surface area contributed by atoms with E-state index in [0.717, 1.165) is 5.56 Å². The molecule has 124 valence electrons. The van der Waals surface area contributed by atoms with Crippen molar-refractivity contribution in [2.24, 2.45) is 0 Å². The van der Waals surface area contributed by atoms with Gasteiger partial charge in [0.2, 0.25) is 0 Å². The molecule has 1 aromatic rings. The van der Waals surface area contributed by atoms with Gasteiger partial charge < -0.3 is 14.6 Å². The molecular weight excluding hydrogens is 298 g/mol. The van der Waals surface area contributed by atoms with Crippen LogP contribution >= 0.6 is 0 Å². The summed E-state index contributed by atoms with van der Waals surface area (Å²) in [7, 11) is 2.63. The molecule has 1 aliphatic heterocycles. The molecule has 0 bridgehead atoms. The number of aliphatic hydroxyl groups excluding tert-OH is 1. The summed E-state index contributed by atoms with van der Waals surface area (Å²) in [6.07, 6.45) is 1.41. The average Bonchev–Trinajstić information content (AvgIpc) is 2.94. The lowest BCUT2D eigenvalue weighted by Gasteiger charge is -2.22. The number of β-amino-alcohol motifs (C(OH)–C–C–N with tert-alkyl or cyclic N) is 1. The van der Waals surface area contributed by atoms with Crippen molar-refractivity contribution in [1.82, 2.24) is 4.90 Å². The van der Waals surface area contributed by atoms with Crippen LogP contribution < -0.4 is 0 Å². The van der Waals surface area contributed by atoms with Gasteiger partial charge >= 0.3 is 11.9 Å². The van der Waals surface area contributed by atoms with E-state index in [-0.39, 0.29) is 6.54 Å². The predicted octanol–water partition coefficient (Wildman–Crippen LogP) is 0.851. The summed E-state index contributed by atoms with van der Waals surface area (Å²) in [5.41, 5.74) is 1.28. The number of esters is 2. The molecule has 0 amide bonds. The van der Waals surface area contributed by atoms with Gasteiger partial charge in [0.25, 0.3) is 0 Å². The quantitative estimate of drug-likeness (QED) is 0.640. The number of carbonyl (C=O) groups is 2. The fraction of sp³-hybridized carbons (Fsp3) is 0.412. The number of benzene rings is 1. The van der Waals surface area contributed by atoms with Gasteiger partial charge in [-0.3, -0.25) is 9.69 Å². The summed E-state index contributed by atoms with van der Waals surface area (Å²) in [4.78, 5) is 25.6. The highest BCUT2D eigenvalue weighted by Crippen LogP contribution is 2.21. The lowest BCUT2D eigenvalue weighted by molar-refractivity contribution is -0.146. The zero-order valence-corrected chi connectivity index (χ0v) is 13.3. The van der Waals surface area contributed by atoms with Crippen molar-refractivity contribution >= 4 is 18.0 Å². The first kappa shape index (κ1) is 17.2. The van der Waals surface area contributed by atoms with E-state index in [4.69, 9.17) is 9.47 Å². The van der Waals surface area contributed by atoms with E-state index < -0.39 is 24.1 Å². The molecule has 0 radical (unpaired) electrons. The van der Waals surface area contributed by atoms with Crippen LogP contribution in [0.15, 0.2) is 35.9 Å². The Balaban J connectivity index is 2.22. The Labute approximate surface area is 135 Å². The number of likely N-dealkylation sites (tertiary alicyclic amines) is 1. The summed E-state index contributed by atoms with van der Waals surface area (Å²) < 4.78 is 9.60. The Morgan fingerprint density at radius 2 is 1.96 bits per heavy atom. The van der Waals surface area contributed by atoms with E-state index in [1.807, 2.05) is 30.3 Å². The Hall–Kier alpha value is -2.18. The molecule has 1 N–H and O–H groups in total. The molecule has 6 heteroatoms. The molecule has 0 saturated carbocycles. The lowest BCUT2D eigenvalue weighted by atomic mass is 10.1. The van der Waals surface area contributed by atoms with Gasteiger partial charge in [-0.05, 0) is 11.6 Å². The number of hydrogen-bond donors (Lipinski definition) is 1. The minimum Gasteiger partial charge on any atom is -0.468 e. The monoisotopic (exact) mass is 319 g/mol. The first-order valence-electron chi connectivity index (χ1n) is 7.39. The standard InChI is InChI=1S/C17H21NO5/c1-22-16(20)13(8-12-6-4-3-5-7-12)10-18-11-14(19)9-15(18)17(21)23-2/h3-8,14-15,19H,9-11H2,1-2H3/b13-8+/t14-,15+/m1/s1. The molecule has 1 heterocycles. The Bertz CT molecular complexity index is 584.